The molecule has 3 atom stereocenters. The Morgan fingerprint density at radius 2 is 1.88 bits per heavy atom. The van der Waals surface area contributed by atoms with Crippen LogP contribution >= 0.6 is 23.5 Å². The molecule has 2 aromatic rings. The fraction of sp³-hybridized carbons (Fsp3) is 0.423. The van der Waals surface area contributed by atoms with Gasteiger partial charge in [-0.1, -0.05) is 35.9 Å². The van der Waals surface area contributed by atoms with E-state index in [2.05, 4.69) is 20.1 Å². The monoisotopic (exact) mass is 625 g/mol. The number of aliphatic carboxylic acids is 2. The van der Waals surface area contributed by atoms with Gasteiger partial charge >= 0.3 is 11.9 Å². The van der Waals surface area contributed by atoms with Crippen molar-refractivity contribution in [1.29, 1.82) is 0 Å². The summed E-state index contributed by atoms with van der Waals surface area (Å²) in [5.74, 6) is -2.61. The van der Waals surface area contributed by atoms with Crippen LogP contribution in [0.5, 0.6) is 0 Å². The molecule has 2 aliphatic heterocycles. The second kappa shape index (κ2) is 13.4. The lowest BCUT2D eigenvalue weighted by atomic mass is 10.0. The lowest BCUT2D eigenvalue weighted by molar-refractivity contribution is -0.149. The Bertz CT molecular complexity index is 1410. The normalized spacial score (nSPS) is 18.3. The Morgan fingerprint density at radius 3 is 2.56 bits per heavy atom. The van der Waals surface area contributed by atoms with E-state index >= 15 is 0 Å². The van der Waals surface area contributed by atoms with Gasteiger partial charge in [0.05, 0.1) is 23.4 Å². The van der Waals surface area contributed by atoms with E-state index in [0.717, 1.165) is 16.1 Å². The van der Waals surface area contributed by atoms with E-state index in [1.807, 2.05) is 0 Å². The quantitative estimate of drug-likeness (QED) is 0.191. The summed E-state index contributed by atoms with van der Waals surface area (Å²) < 4.78 is 31.5. The third kappa shape index (κ3) is 7.70. The molecule has 0 radical (unpaired) electrons. The summed E-state index contributed by atoms with van der Waals surface area (Å²) >= 11 is 7.57. The van der Waals surface area contributed by atoms with Crippen LogP contribution in [0.2, 0.25) is 5.02 Å². The summed E-state index contributed by atoms with van der Waals surface area (Å²) in [5, 5.41) is 25.1. The molecular weight excluding hydrogens is 594 g/mol. The predicted molar refractivity (Wildman–Crippen MR) is 154 cm³/mol. The number of nitrogens with one attached hydrogen (secondary N) is 4. The number of hydrogen-bond acceptors (Lipinski definition) is 9. The van der Waals surface area contributed by atoms with Gasteiger partial charge in [0.2, 0.25) is 15.9 Å². The van der Waals surface area contributed by atoms with Crippen LogP contribution < -0.4 is 20.1 Å². The topological polar surface area (TPSA) is 177 Å². The first-order valence-corrected chi connectivity index (χ1v) is 15.7. The van der Waals surface area contributed by atoms with Gasteiger partial charge in [0.15, 0.2) is 0 Å². The molecule has 0 saturated carbocycles. The molecule has 0 unspecified atom stereocenters. The van der Waals surface area contributed by atoms with Crippen molar-refractivity contribution in [2.75, 3.05) is 18.5 Å². The Hall–Kier alpha value is -2.88. The molecule has 1 amide bonds. The number of carbonyl (C=O) groups excluding carboxylic acids is 1. The van der Waals surface area contributed by atoms with E-state index in [-0.39, 0.29) is 22.9 Å². The van der Waals surface area contributed by atoms with Crippen molar-refractivity contribution in [3.63, 3.8) is 0 Å². The second-order valence-corrected chi connectivity index (χ2v) is 12.9. The maximum atomic E-state index is 12.9. The molecule has 4 rings (SSSR count). The molecule has 0 aromatic heterocycles. The third-order valence-corrected chi connectivity index (χ3v) is 9.72. The van der Waals surface area contributed by atoms with E-state index in [1.54, 1.807) is 30.3 Å². The van der Waals surface area contributed by atoms with E-state index in [1.165, 1.54) is 29.8 Å². The highest BCUT2D eigenvalue weighted by Gasteiger charge is 2.36. The summed E-state index contributed by atoms with van der Waals surface area (Å²) in [6.45, 7) is 2.44. The minimum Gasteiger partial charge on any atom is -0.480 e. The van der Waals surface area contributed by atoms with Crippen molar-refractivity contribution in [2.45, 2.75) is 67.1 Å². The lowest BCUT2D eigenvalue weighted by Gasteiger charge is -2.27. The van der Waals surface area contributed by atoms with Crippen LogP contribution in [0.4, 0.5) is 5.69 Å². The smallest absolute Gasteiger partial charge is 0.326 e. The van der Waals surface area contributed by atoms with Gasteiger partial charge in [0, 0.05) is 18.0 Å². The van der Waals surface area contributed by atoms with Crippen LogP contribution in [0.15, 0.2) is 46.2 Å². The number of carbonyl (C=O) groups is 3. The number of likely N-dealkylation sites (tertiary alicyclic amines) is 1. The van der Waals surface area contributed by atoms with Crippen LogP contribution in [0, 0.1) is 0 Å². The van der Waals surface area contributed by atoms with Crippen LogP contribution in [-0.4, -0.2) is 72.7 Å². The average molecular weight is 626 g/mol. The molecule has 1 saturated heterocycles. The summed E-state index contributed by atoms with van der Waals surface area (Å²) in [5.41, 5.74) is 2.30. The van der Waals surface area contributed by atoms with Gasteiger partial charge < -0.3 is 20.4 Å². The highest BCUT2D eigenvalue weighted by molar-refractivity contribution is 7.97. The zero-order valence-electron chi connectivity index (χ0n) is 22.2. The third-order valence-electron chi connectivity index (χ3n) is 7.01. The number of hydrogen-bond donors (Lipinski definition) is 6. The Labute approximate surface area is 247 Å². The Kier molecular flexibility index (Phi) is 10.2. The maximum absolute atomic E-state index is 12.9. The van der Waals surface area contributed by atoms with E-state index in [0.29, 0.717) is 38.0 Å². The number of amides is 1. The number of carboxylic acids is 2. The zero-order valence-corrected chi connectivity index (χ0v) is 24.6. The fourth-order valence-electron chi connectivity index (χ4n) is 4.79. The van der Waals surface area contributed by atoms with Crippen molar-refractivity contribution in [3.8, 4) is 0 Å². The van der Waals surface area contributed by atoms with Gasteiger partial charge in [-0.3, -0.25) is 14.9 Å². The number of sulfonamides is 1. The van der Waals surface area contributed by atoms with Gasteiger partial charge in [0.1, 0.15) is 17.0 Å². The fourth-order valence-corrected chi connectivity index (χ4v) is 7.15. The van der Waals surface area contributed by atoms with Gasteiger partial charge in [-0.05, 0) is 67.8 Å². The van der Waals surface area contributed by atoms with Crippen LogP contribution in [-0.2, 0) is 37.4 Å². The van der Waals surface area contributed by atoms with Crippen LogP contribution in [0.1, 0.15) is 37.3 Å². The first-order chi connectivity index (χ1) is 19.5. The van der Waals surface area contributed by atoms with Crippen molar-refractivity contribution in [1.82, 2.24) is 19.7 Å². The highest BCUT2D eigenvalue weighted by Crippen LogP contribution is 2.35. The lowest BCUT2D eigenvalue weighted by Crippen LogP contribution is -2.53. The summed E-state index contributed by atoms with van der Waals surface area (Å²) in [6, 6.07) is 7.43. The van der Waals surface area contributed by atoms with Gasteiger partial charge in [0.25, 0.3) is 0 Å². The van der Waals surface area contributed by atoms with Crippen molar-refractivity contribution in [2.24, 2.45) is 0 Å². The van der Waals surface area contributed by atoms with E-state index in [4.69, 9.17) is 11.6 Å². The molecule has 2 aliphatic rings. The first-order valence-electron chi connectivity index (χ1n) is 13.0. The highest BCUT2D eigenvalue weighted by atomic mass is 35.5. The number of benzene rings is 2. The molecule has 2 heterocycles. The maximum Gasteiger partial charge on any atom is 0.326 e. The molecule has 2 aromatic carbocycles. The van der Waals surface area contributed by atoms with Gasteiger partial charge in [-0.2, -0.15) is 0 Å². The zero-order chi connectivity index (χ0) is 29.7. The summed E-state index contributed by atoms with van der Waals surface area (Å²) in [4.78, 5) is 38.1. The second-order valence-electron chi connectivity index (χ2n) is 9.87. The molecule has 6 N–H and O–H groups in total. The average Bonchev–Trinajstić information content (AvgIpc) is 3.44. The number of rotatable bonds is 12. The molecule has 222 valence electrons. The molecule has 0 aliphatic carbocycles. The number of anilines is 1. The van der Waals surface area contributed by atoms with Crippen molar-refractivity contribution < 1.29 is 33.0 Å². The van der Waals surface area contributed by atoms with Gasteiger partial charge in [-0.25, -0.2) is 22.7 Å². The largest absolute Gasteiger partial charge is 0.480 e. The Morgan fingerprint density at radius 1 is 1.17 bits per heavy atom. The molecule has 0 spiro atoms. The first kappa shape index (κ1) is 31.1. The number of carboxylic acid groups (broad SMARTS) is 2. The van der Waals surface area contributed by atoms with Crippen molar-refractivity contribution in [3.05, 3.63) is 52.5 Å². The minimum absolute atomic E-state index is 0.0179. The molecular formula is C26H32ClN5O7S2. The van der Waals surface area contributed by atoms with Crippen molar-refractivity contribution >= 4 is 57.1 Å². The molecule has 1 fully saturated rings. The van der Waals surface area contributed by atoms with E-state index in [9.17, 15) is 33.0 Å². The van der Waals surface area contributed by atoms with Crippen LogP contribution in [0.3, 0.4) is 0 Å². The summed E-state index contributed by atoms with van der Waals surface area (Å²) in [7, 11) is -3.88. The summed E-state index contributed by atoms with van der Waals surface area (Å²) in [6.07, 6.45) is 1.55. The SMILES string of the molecule is C[C@H](N[C@@H](CCc1ccc(CNS(=O)(=O)c2cc3c(cc2Cl)NCNS3)cc1)C(=O)O)C(=O)N1CCC[C@H]1C(=O)O. The number of fused-ring (bicyclic) bond motifs is 1. The van der Waals surface area contributed by atoms with Gasteiger partial charge in [-0.15, -0.1) is 0 Å². The van der Waals surface area contributed by atoms with E-state index < -0.39 is 46.0 Å². The molecule has 41 heavy (non-hydrogen) atoms. The molecule has 15 heteroatoms. The number of aryl methyl sites for hydroxylation is 1. The minimum atomic E-state index is -3.88. The number of halogens is 1. The molecule has 0 bridgehead atoms. The molecule has 12 nitrogen and oxygen atoms in total. The predicted octanol–water partition coefficient (Wildman–Crippen LogP) is 2.24. The van der Waals surface area contributed by atoms with Crippen LogP contribution in [0.25, 0.3) is 0 Å². The Balaban J connectivity index is 1.31. The standard InChI is InChI=1S/C26H32ClN5O7S2/c1-15(24(33)32-10-2-3-21(32)26(36)37)31-19(25(34)35)9-8-16-4-6-17(7-5-16)13-30-41(38,39)23-12-22-20(11-18(23)27)28-14-29-40-22/h4-7,11-12,15,19,21,28-31H,2-3,8-10,13-14H2,1H3,(H,34,35)(H,36,37)/t15-,19-,21-/m0/s1. The number of nitrogens with zero attached hydrogens (tertiary/aromatic N) is 1.